The average molecular weight is 303 g/mol. The van der Waals surface area contributed by atoms with E-state index in [0.29, 0.717) is 11.6 Å². The smallest absolute Gasteiger partial charge is 0.0939 e. The highest BCUT2D eigenvalue weighted by atomic mass is 35.5. The fourth-order valence-electron chi connectivity index (χ4n) is 2.47. The molecule has 3 rings (SSSR count). The molecule has 0 radical (unpaired) electrons. The SMILES string of the molecule is CCn1ncc(Cl)c1C(NN)c1cccc2nccnc12. The third-order valence-corrected chi connectivity index (χ3v) is 3.70. The van der Waals surface area contributed by atoms with Gasteiger partial charge in [0.05, 0.1) is 34.0 Å². The Kier molecular flexibility index (Phi) is 3.83. The minimum absolute atomic E-state index is 0.305. The molecule has 21 heavy (non-hydrogen) atoms. The van der Waals surface area contributed by atoms with Gasteiger partial charge in [0.25, 0.3) is 0 Å². The van der Waals surface area contributed by atoms with E-state index in [0.717, 1.165) is 22.3 Å². The van der Waals surface area contributed by atoms with Crippen LogP contribution < -0.4 is 11.3 Å². The number of nitrogens with two attached hydrogens (primary N) is 1. The zero-order valence-electron chi connectivity index (χ0n) is 11.5. The molecule has 0 saturated heterocycles. The van der Waals surface area contributed by atoms with Gasteiger partial charge in [0.2, 0.25) is 0 Å². The van der Waals surface area contributed by atoms with Gasteiger partial charge in [-0.15, -0.1) is 0 Å². The first-order chi connectivity index (χ1) is 10.3. The minimum atomic E-state index is -0.305. The van der Waals surface area contributed by atoms with Gasteiger partial charge in [-0.2, -0.15) is 5.10 Å². The Morgan fingerprint density at radius 2 is 2.14 bits per heavy atom. The van der Waals surface area contributed by atoms with Gasteiger partial charge < -0.3 is 0 Å². The predicted molar refractivity (Wildman–Crippen MR) is 81.6 cm³/mol. The summed E-state index contributed by atoms with van der Waals surface area (Å²) in [6.45, 7) is 2.71. The highest BCUT2D eigenvalue weighted by molar-refractivity contribution is 6.31. The van der Waals surface area contributed by atoms with Crippen molar-refractivity contribution < 1.29 is 0 Å². The van der Waals surface area contributed by atoms with Crippen molar-refractivity contribution in [2.75, 3.05) is 0 Å². The Bertz CT molecular complexity index is 764. The van der Waals surface area contributed by atoms with Crippen LogP contribution in [-0.2, 0) is 6.54 Å². The maximum absolute atomic E-state index is 6.28. The van der Waals surface area contributed by atoms with Crippen LogP contribution in [0.3, 0.4) is 0 Å². The zero-order valence-corrected chi connectivity index (χ0v) is 12.2. The van der Waals surface area contributed by atoms with Crippen LogP contribution in [0.2, 0.25) is 5.02 Å². The molecule has 0 aliphatic rings. The molecule has 1 unspecified atom stereocenters. The monoisotopic (exact) mass is 302 g/mol. The lowest BCUT2D eigenvalue weighted by Gasteiger charge is -2.19. The molecule has 3 aromatic rings. The van der Waals surface area contributed by atoms with E-state index in [-0.39, 0.29) is 6.04 Å². The summed E-state index contributed by atoms with van der Waals surface area (Å²) in [4.78, 5) is 8.73. The number of nitrogens with one attached hydrogen (secondary N) is 1. The van der Waals surface area contributed by atoms with Gasteiger partial charge in [-0.05, 0) is 13.0 Å². The first-order valence-electron chi connectivity index (χ1n) is 6.63. The molecule has 0 saturated carbocycles. The second-order valence-corrected chi connectivity index (χ2v) is 4.97. The summed E-state index contributed by atoms with van der Waals surface area (Å²) in [5.74, 6) is 5.78. The number of hydrogen-bond donors (Lipinski definition) is 2. The zero-order chi connectivity index (χ0) is 14.8. The molecular weight excluding hydrogens is 288 g/mol. The molecule has 0 amide bonds. The van der Waals surface area contributed by atoms with E-state index in [1.54, 1.807) is 18.6 Å². The van der Waals surface area contributed by atoms with Gasteiger partial charge in [0.15, 0.2) is 0 Å². The van der Waals surface area contributed by atoms with E-state index in [1.807, 2.05) is 29.8 Å². The standard InChI is InChI=1S/C14H15ClN6/c1-2-21-14(10(15)8-19-21)13(20-16)9-4-3-5-11-12(9)18-7-6-17-11/h3-8,13,20H,2,16H2,1H3. The van der Waals surface area contributed by atoms with Crippen LogP contribution in [0.25, 0.3) is 11.0 Å². The number of rotatable bonds is 4. The topological polar surface area (TPSA) is 81.7 Å². The van der Waals surface area contributed by atoms with Gasteiger partial charge >= 0.3 is 0 Å². The van der Waals surface area contributed by atoms with Crippen LogP contribution in [0, 0.1) is 0 Å². The predicted octanol–water partition coefficient (Wildman–Crippen LogP) is 2.05. The summed E-state index contributed by atoms with van der Waals surface area (Å²) in [5.41, 5.74) is 6.16. The van der Waals surface area contributed by atoms with Gasteiger partial charge in [0, 0.05) is 24.5 Å². The van der Waals surface area contributed by atoms with Gasteiger partial charge in [0.1, 0.15) is 0 Å². The fourth-order valence-corrected chi connectivity index (χ4v) is 2.73. The van der Waals surface area contributed by atoms with Crippen molar-refractivity contribution in [1.82, 2.24) is 25.2 Å². The normalized spacial score (nSPS) is 12.7. The molecule has 2 heterocycles. The molecule has 3 N–H and O–H groups in total. The number of hydrogen-bond acceptors (Lipinski definition) is 5. The van der Waals surface area contributed by atoms with Crippen LogP contribution >= 0.6 is 11.6 Å². The molecule has 0 bridgehead atoms. The van der Waals surface area contributed by atoms with Crippen LogP contribution in [0.4, 0.5) is 0 Å². The Labute approximate surface area is 126 Å². The van der Waals surface area contributed by atoms with Crippen molar-refractivity contribution >= 4 is 22.6 Å². The van der Waals surface area contributed by atoms with Gasteiger partial charge in [-0.25, -0.2) is 5.43 Å². The number of nitrogens with zero attached hydrogens (tertiary/aromatic N) is 4. The molecule has 1 atom stereocenters. The lowest BCUT2D eigenvalue weighted by Crippen LogP contribution is -2.31. The first kappa shape index (κ1) is 13.9. The third kappa shape index (κ3) is 2.37. The number of fused-ring (bicyclic) bond motifs is 1. The van der Waals surface area contributed by atoms with Gasteiger partial charge in [-0.3, -0.25) is 20.5 Å². The summed E-state index contributed by atoms with van der Waals surface area (Å²) in [5, 5.41) is 4.83. The summed E-state index contributed by atoms with van der Waals surface area (Å²) in [6, 6.07) is 5.50. The van der Waals surface area contributed by atoms with E-state index in [2.05, 4.69) is 20.5 Å². The molecule has 6 nitrogen and oxygen atoms in total. The molecule has 0 aliphatic heterocycles. The van der Waals surface area contributed by atoms with Crippen LogP contribution in [0.15, 0.2) is 36.8 Å². The number of benzene rings is 1. The van der Waals surface area contributed by atoms with Crippen molar-refractivity contribution in [3.63, 3.8) is 0 Å². The third-order valence-electron chi connectivity index (χ3n) is 3.41. The Morgan fingerprint density at radius 3 is 2.90 bits per heavy atom. The molecular formula is C14H15ClN6. The Balaban J connectivity index is 2.21. The fraction of sp³-hybridized carbons (Fsp3) is 0.214. The van der Waals surface area contributed by atoms with E-state index < -0.39 is 0 Å². The molecule has 2 aromatic heterocycles. The number of aromatic nitrogens is 4. The first-order valence-corrected chi connectivity index (χ1v) is 7.01. The van der Waals surface area contributed by atoms with Crippen LogP contribution in [0.5, 0.6) is 0 Å². The van der Waals surface area contributed by atoms with Crippen molar-refractivity contribution in [2.24, 2.45) is 5.84 Å². The second kappa shape index (κ2) is 5.77. The molecule has 0 aliphatic carbocycles. The van der Waals surface area contributed by atoms with Crippen molar-refractivity contribution in [3.05, 3.63) is 53.1 Å². The lowest BCUT2D eigenvalue weighted by molar-refractivity contribution is 0.545. The van der Waals surface area contributed by atoms with E-state index in [1.165, 1.54) is 0 Å². The highest BCUT2D eigenvalue weighted by Crippen LogP contribution is 2.30. The Hall–Kier alpha value is -2.02. The molecule has 108 valence electrons. The van der Waals surface area contributed by atoms with Crippen LogP contribution in [-0.4, -0.2) is 19.7 Å². The quantitative estimate of drug-likeness (QED) is 0.569. The highest BCUT2D eigenvalue weighted by Gasteiger charge is 2.23. The maximum atomic E-state index is 6.28. The summed E-state index contributed by atoms with van der Waals surface area (Å²) >= 11 is 6.28. The number of aryl methyl sites for hydroxylation is 1. The average Bonchev–Trinajstić information content (AvgIpc) is 2.90. The number of halogens is 1. The van der Waals surface area contributed by atoms with E-state index in [9.17, 15) is 0 Å². The molecule has 1 aromatic carbocycles. The number of hydrazine groups is 1. The van der Waals surface area contributed by atoms with Crippen molar-refractivity contribution in [3.8, 4) is 0 Å². The largest absolute Gasteiger partial charge is 0.271 e. The molecule has 0 spiro atoms. The van der Waals surface area contributed by atoms with Crippen molar-refractivity contribution in [2.45, 2.75) is 19.5 Å². The Morgan fingerprint density at radius 1 is 1.33 bits per heavy atom. The summed E-state index contributed by atoms with van der Waals surface area (Å²) in [7, 11) is 0. The second-order valence-electron chi connectivity index (χ2n) is 4.56. The maximum Gasteiger partial charge on any atom is 0.0939 e. The molecule has 0 fully saturated rings. The number of para-hydroxylation sites is 1. The van der Waals surface area contributed by atoms with Gasteiger partial charge in [-0.1, -0.05) is 23.7 Å². The van der Waals surface area contributed by atoms with Crippen molar-refractivity contribution in [1.29, 1.82) is 0 Å². The summed E-state index contributed by atoms with van der Waals surface area (Å²) in [6.07, 6.45) is 4.96. The summed E-state index contributed by atoms with van der Waals surface area (Å²) < 4.78 is 1.82. The van der Waals surface area contributed by atoms with E-state index >= 15 is 0 Å². The van der Waals surface area contributed by atoms with E-state index in [4.69, 9.17) is 17.4 Å². The van der Waals surface area contributed by atoms with Crippen LogP contribution in [0.1, 0.15) is 24.2 Å². The molecule has 7 heteroatoms. The minimum Gasteiger partial charge on any atom is -0.271 e. The lowest BCUT2D eigenvalue weighted by atomic mass is 10.0.